The number of nitrogens with zero attached hydrogens (tertiary/aromatic N) is 1. The Labute approximate surface area is 123 Å². The standard InChI is InChI=1S/C13H10BrNO3S/c1-18-10-4-7-13(12(8-10)15(16)17)19-11-5-2-9(14)3-6-11/h2-8H,1H3. The molecule has 0 aliphatic heterocycles. The summed E-state index contributed by atoms with van der Waals surface area (Å²) in [6.45, 7) is 0. The summed E-state index contributed by atoms with van der Waals surface area (Å²) in [6, 6.07) is 12.5. The van der Waals surface area contributed by atoms with E-state index in [1.54, 1.807) is 12.1 Å². The Balaban J connectivity index is 2.33. The van der Waals surface area contributed by atoms with Gasteiger partial charge >= 0.3 is 0 Å². The van der Waals surface area contributed by atoms with Gasteiger partial charge < -0.3 is 4.74 Å². The van der Waals surface area contributed by atoms with Crippen LogP contribution in [0.25, 0.3) is 0 Å². The summed E-state index contributed by atoms with van der Waals surface area (Å²) >= 11 is 4.71. The van der Waals surface area contributed by atoms with Crippen molar-refractivity contribution in [2.75, 3.05) is 7.11 Å². The van der Waals surface area contributed by atoms with Gasteiger partial charge in [-0.2, -0.15) is 0 Å². The molecule has 0 aliphatic rings. The lowest BCUT2D eigenvalue weighted by atomic mass is 10.3. The summed E-state index contributed by atoms with van der Waals surface area (Å²) in [4.78, 5) is 12.2. The topological polar surface area (TPSA) is 52.4 Å². The van der Waals surface area contributed by atoms with Crippen LogP contribution in [0.1, 0.15) is 0 Å². The van der Waals surface area contributed by atoms with Crippen LogP contribution in [0.3, 0.4) is 0 Å². The first kappa shape index (κ1) is 13.9. The van der Waals surface area contributed by atoms with Crippen LogP contribution in [0.2, 0.25) is 0 Å². The fraction of sp³-hybridized carbons (Fsp3) is 0.0769. The lowest BCUT2D eigenvalue weighted by molar-refractivity contribution is -0.387. The zero-order valence-corrected chi connectivity index (χ0v) is 12.4. The van der Waals surface area contributed by atoms with Crippen LogP contribution in [0.5, 0.6) is 5.75 Å². The third kappa shape index (κ3) is 3.48. The van der Waals surface area contributed by atoms with Crippen LogP contribution >= 0.6 is 27.7 Å². The van der Waals surface area contributed by atoms with Crippen LogP contribution in [0.4, 0.5) is 5.69 Å². The monoisotopic (exact) mass is 339 g/mol. The molecule has 98 valence electrons. The molecule has 6 heteroatoms. The Morgan fingerprint density at radius 1 is 1.21 bits per heavy atom. The lowest BCUT2D eigenvalue weighted by Crippen LogP contribution is -1.92. The highest BCUT2D eigenvalue weighted by molar-refractivity contribution is 9.10. The molecule has 0 heterocycles. The van der Waals surface area contributed by atoms with E-state index in [0.29, 0.717) is 10.6 Å². The zero-order chi connectivity index (χ0) is 13.8. The Hall–Kier alpha value is -1.53. The van der Waals surface area contributed by atoms with Crippen molar-refractivity contribution < 1.29 is 9.66 Å². The Kier molecular flexibility index (Phi) is 4.44. The summed E-state index contributed by atoms with van der Waals surface area (Å²) in [7, 11) is 1.49. The average molecular weight is 340 g/mol. The molecule has 0 aliphatic carbocycles. The number of hydrogen-bond donors (Lipinski definition) is 0. The van der Waals surface area contributed by atoms with Gasteiger partial charge in [0.2, 0.25) is 0 Å². The SMILES string of the molecule is COc1ccc(Sc2ccc(Br)cc2)c([N+](=O)[O-])c1. The molecule has 0 atom stereocenters. The predicted octanol–water partition coefficient (Wildman–Crippen LogP) is 4.52. The van der Waals surface area contributed by atoms with Crippen LogP contribution < -0.4 is 4.74 Å². The third-order valence-electron chi connectivity index (χ3n) is 2.40. The van der Waals surface area contributed by atoms with E-state index in [2.05, 4.69) is 15.9 Å². The summed E-state index contributed by atoms with van der Waals surface area (Å²) in [5, 5.41) is 11.1. The van der Waals surface area contributed by atoms with Gasteiger partial charge in [0.25, 0.3) is 5.69 Å². The normalized spacial score (nSPS) is 10.2. The molecule has 0 amide bonds. The second kappa shape index (κ2) is 6.08. The van der Waals surface area contributed by atoms with Crippen LogP contribution in [0, 0.1) is 10.1 Å². The molecule has 0 spiro atoms. The molecule has 4 nitrogen and oxygen atoms in total. The number of halogens is 1. The maximum atomic E-state index is 11.1. The molecular weight excluding hydrogens is 330 g/mol. The fourth-order valence-corrected chi connectivity index (χ4v) is 2.65. The van der Waals surface area contributed by atoms with E-state index in [1.165, 1.54) is 24.9 Å². The average Bonchev–Trinajstić information content (AvgIpc) is 2.41. The second-order valence-electron chi connectivity index (χ2n) is 3.65. The maximum absolute atomic E-state index is 11.1. The van der Waals surface area contributed by atoms with Gasteiger partial charge in [0, 0.05) is 9.37 Å². The number of rotatable bonds is 4. The first-order valence-electron chi connectivity index (χ1n) is 5.36. The first-order valence-corrected chi connectivity index (χ1v) is 6.97. The van der Waals surface area contributed by atoms with Crippen molar-refractivity contribution >= 4 is 33.4 Å². The van der Waals surface area contributed by atoms with Gasteiger partial charge in [0.15, 0.2) is 0 Å². The van der Waals surface area contributed by atoms with E-state index < -0.39 is 4.92 Å². The molecule has 2 aromatic rings. The lowest BCUT2D eigenvalue weighted by Gasteiger charge is -2.05. The number of benzene rings is 2. The molecule has 0 radical (unpaired) electrons. The highest BCUT2D eigenvalue weighted by Gasteiger charge is 2.16. The van der Waals surface area contributed by atoms with Gasteiger partial charge in [0.1, 0.15) is 5.75 Å². The Morgan fingerprint density at radius 3 is 2.47 bits per heavy atom. The summed E-state index contributed by atoms with van der Waals surface area (Å²) in [6.07, 6.45) is 0. The molecule has 0 bridgehead atoms. The van der Waals surface area contributed by atoms with Crippen molar-refractivity contribution in [1.29, 1.82) is 0 Å². The second-order valence-corrected chi connectivity index (χ2v) is 5.68. The van der Waals surface area contributed by atoms with Crippen molar-refractivity contribution in [2.24, 2.45) is 0 Å². The van der Waals surface area contributed by atoms with E-state index in [-0.39, 0.29) is 5.69 Å². The molecule has 0 saturated heterocycles. The summed E-state index contributed by atoms with van der Waals surface area (Å²) in [5.74, 6) is 0.479. The molecule has 0 N–H and O–H groups in total. The van der Waals surface area contributed by atoms with Gasteiger partial charge in [-0.3, -0.25) is 10.1 Å². The molecule has 0 aromatic heterocycles. The number of nitro benzene ring substituents is 1. The molecule has 0 unspecified atom stereocenters. The van der Waals surface area contributed by atoms with Crippen molar-refractivity contribution in [3.05, 3.63) is 57.1 Å². The zero-order valence-electron chi connectivity index (χ0n) is 10.00. The quantitative estimate of drug-likeness (QED) is 0.607. The van der Waals surface area contributed by atoms with Crippen molar-refractivity contribution in [1.82, 2.24) is 0 Å². The van der Waals surface area contributed by atoms with E-state index >= 15 is 0 Å². The molecular formula is C13H10BrNO3S. The Bertz CT molecular complexity index is 601. The molecule has 2 aromatic carbocycles. The van der Waals surface area contributed by atoms with Gasteiger partial charge in [0.05, 0.1) is 23.0 Å². The first-order chi connectivity index (χ1) is 9.10. The van der Waals surface area contributed by atoms with E-state index in [9.17, 15) is 10.1 Å². The summed E-state index contributed by atoms with van der Waals surface area (Å²) < 4.78 is 5.98. The number of methoxy groups -OCH3 is 1. The van der Waals surface area contributed by atoms with Crippen LogP contribution in [-0.4, -0.2) is 12.0 Å². The summed E-state index contributed by atoms with van der Waals surface area (Å²) in [5.41, 5.74) is 0.0484. The molecule has 0 fully saturated rings. The van der Waals surface area contributed by atoms with Crippen molar-refractivity contribution in [3.8, 4) is 5.75 Å². The maximum Gasteiger partial charge on any atom is 0.286 e. The minimum atomic E-state index is -0.399. The fourth-order valence-electron chi connectivity index (χ4n) is 1.48. The van der Waals surface area contributed by atoms with Crippen LogP contribution in [-0.2, 0) is 0 Å². The molecule has 19 heavy (non-hydrogen) atoms. The largest absolute Gasteiger partial charge is 0.497 e. The van der Waals surface area contributed by atoms with Crippen molar-refractivity contribution in [3.63, 3.8) is 0 Å². The van der Waals surface area contributed by atoms with Crippen LogP contribution in [0.15, 0.2) is 56.7 Å². The number of nitro groups is 1. The van der Waals surface area contributed by atoms with E-state index in [0.717, 1.165) is 9.37 Å². The predicted molar refractivity (Wildman–Crippen MR) is 77.9 cm³/mol. The molecule has 2 rings (SSSR count). The minimum absolute atomic E-state index is 0.0484. The molecule has 0 saturated carbocycles. The smallest absolute Gasteiger partial charge is 0.286 e. The van der Waals surface area contributed by atoms with Gasteiger partial charge in [-0.1, -0.05) is 27.7 Å². The Morgan fingerprint density at radius 2 is 1.89 bits per heavy atom. The minimum Gasteiger partial charge on any atom is -0.497 e. The van der Waals surface area contributed by atoms with Crippen molar-refractivity contribution in [2.45, 2.75) is 9.79 Å². The van der Waals surface area contributed by atoms with E-state index in [4.69, 9.17) is 4.74 Å². The highest BCUT2D eigenvalue weighted by atomic mass is 79.9. The van der Waals surface area contributed by atoms with E-state index in [1.807, 2.05) is 24.3 Å². The van der Waals surface area contributed by atoms with Gasteiger partial charge in [-0.05, 0) is 36.4 Å². The van der Waals surface area contributed by atoms with Gasteiger partial charge in [-0.25, -0.2) is 0 Å². The third-order valence-corrected chi connectivity index (χ3v) is 4.01. The number of ether oxygens (including phenoxy) is 1. The highest BCUT2D eigenvalue weighted by Crippen LogP contribution is 2.37. The van der Waals surface area contributed by atoms with Gasteiger partial charge in [-0.15, -0.1) is 0 Å². The number of hydrogen-bond acceptors (Lipinski definition) is 4.